The summed E-state index contributed by atoms with van der Waals surface area (Å²) in [4.78, 5) is 15.9. The Bertz CT molecular complexity index is 376. The molecular weight excluding hydrogens is 285 g/mol. The van der Waals surface area contributed by atoms with Crippen molar-refractivity contribution >= 4 is 5.91 Å². The molecule has 2 N–H and O–H groups in total. The molecule has 0 heterocycles. The maximum absolute atomic E-state index is 12.5. The minimum absolute atomic E-state index is 0.0235. The molecule has 4 aliphatic carbocycles. The molecule has 120 valence electrons. The van der Waals surface area contributed by atoms with Gasteiger partial charge in [-0.25, -0.2) is 4.84 Å². The topological polar surface area (TPSA) is 50.4 Å². The molecule has 0 radical (unpaired) electrons. The van der Waals surface area contributed by atoms with Crippen molar-refractivity contribution in [1.29, 1.82) is 0 Å². The number of carbonyl (C=O) groups excluding carboxylic acids is 1. The number of carbonyl (C=O) groups is 1. The van der Waals surface area contributed by atoms with Gasteiger partial charge in [-0.1, -0.05) is 0 Å². The highest BCUT2D eigenvalue weighted by atomic mass is 19.4. The van der Waals surface area contributed by atoms with Crippen molar-refractivity contribution in [2.45, 2.75) is 44.9 Å². The number of nitrogens with one attached hydrogen (secondary N) is 2. The smallest absolute Gasteiger partial charge is 0.354 e. The van der Waals surface area contributed by atoms with Crippen molar-refractivity contribution in [2.24, 2.45) is 23.2 Å². The zero-order valence-corrected chi connectivity index (χ0v) is 11.8. The second-order valence-electron chi connectivity index (χ2n) is 6.90. The van der Waals surface area contributed by atoms with E-state index in [2.05, 4.69) is 10.2 Å². The Morgan fingerprint density at radius 2 is 1.57 bits per heavy atom. The lowest BCUT2D eigenvalue weighted by molar-refractivity contribution is -0.350. The van der Waals surface area contributed by atoms with Crippen molar-refractivity contribution in [3.63, 3.8) is 0 Å². The summed E-state index contributed by atoms with van der Waals surface area (Å²) in [5, 5.41) is 2.78. The van der Waals surface area contributed by atoms with Crippen molar-refractivity contribution in [3.05, 3.63) is 0 Å². The van der Waals surface area contributed by atoms with Crippen molar-refractivity contribution in [3.8, 4) is 0 Å². The molecule has 0 aromatic rings. The van der Waals surface area contributed by atoms with Crippen LogP contribution in [0.5, 0.6) is 0 Å². The molecule has 0 unspecified atom stereocenters. The Labute approximate surface area is 121 Å². The fourth-order valence-electron chi connectivity index (χ4n) is 4.94. The number of hydroxylamine groups is 1. The number of hydrogen-bond donors (Lipinski definition) is 2. The van der Waals surface area contributed by atoms with Crippen molar-refractivity contribution in [1.82, 2.24) is 10.8 Å². The predicted molar refractivity (Wildman–Crippen MR) is 68.8 cm³/mol. The van der Waals surface area contributed by atoms with Gasteiger partial charge in [-0.15, -0.1) is 13.2 Å². The third kappa shape index (κ3) is 3.34. The largest absolute Gasteiger partial charge is 0.538 e. The van der Waals surface area contributed by atoms with E-state index in [9.17, 15) is 18.0 Å². The van der Waals surface area contributed by atoms with E-state index in [1.54, 1.807) is 0 Å². The lowest BCUT2D eigenvalue weighted by atomic mass is 9.49. The number of alkyl halides is 3. The number of rotatable bonds is 5. The van der Waals surface area contributed by atoms with Crippen LogP contribution in [0.3, 0.4) is 0 Å². The van der Waals surface area contributed by atoms with Crippen LogP contribution in [0.25, 0.3) is 0 Å². The van der Waals surface area contributed by atoms with Crippen LogP contribution in [0.15, 0.2) is 0 Å². The van der Waals surface area contributed by atoms with E-state index in [0.717, 1.165) is 19.3 Å². The van der Waals surface area contributed by atoms with Gasteiger partial charge in [0.25, 0.3) is 0 Å². The van der Waals surface area contributed by atoms with Gasteiger partial charge in [-0.2, -0.15) is 5.48 Å². The number of hydrogen-bond acceptors (Lipinski definition) is 3. The average Bonchev–Trinajstić information content (AvgIpc) is 2.35. The first-order valence-corrected chi connectivity index (χ1v) is 7.62. The zero-order valence-electron chi connectivity index (χ0n) is 11.8. The first kappa shape index (κ1) is 15.1. The van der Waals surface area contributed by atoms with Crippen LogP contribution in [-0.2, 0) is 9.63 Å². The van der Waals surface area contributed by atoms with Crippen LogP contribution >= 0.6 is 0 Å². The van der Waals surface area contributed by atoms with Crippen LogP contribution < -0.4 is 10.8 Å². The molecule has 4 aliphatic rings. The standard InChI is InChI=1S/C14H21F3N2O2/c15-14(16,17)21-19-2-1-18-12(20)13-6-9-3-10(7-13)5-11(4-9)8-13/h9-11,19H,1-8H2,(H,18,20). The fraction of sp³-hybridized carbons (Fsp3) is 0.929. The van der Waals surface area contributed by atoms with Crippen LogP contribution in [0.2, 0.25) is 0 Å². The Morgan fingerprint density at radius 3 is 2.05 bits per heavy atom. The highest BCUT2D eigenvalue weighted by molar-refractivity contribution is 5.83. The van der Waals surface area contributed by atoms with E-state index in [1.807, 2.05) is 5.48 Å². The first-order chi connectivity index (χ1) is 9.86. The van der Waals surface area contributed by atoms with Gasteiger partial charge in [-0.3, -0.25) is 4.79 Å². The Balaban J connectivity index is 1.45. The maximum atomic E-state index is 12.5. The zero-order chi connectivity index (χ0) is 15.1. The summed E-state index contributed by atoms with van der Waals surface area (Å²) in [5.41, 5.74) is 1.56. The highest BCUT2D eigenvalue weighted by Crippen LogP contribution is 2.60. The number of amides is 1. The summed E-state index contributed by atoms with van der Waals surface area (Å²) in [6.07, 6.45) is 1.95. The molecule has 7 heteroatoms. The molecule has 0 aromatic carbocycles. The second-order valence-corrected chi connectivity index (χ2v) is 6.90. The molecule has 4 rings (SSSR count). The van der Waals surface area contributed by atoms with Gasteiger partial charge in [0, 0.05) is 18.5 Å². The molecule has 4 bridgehead atoms. The lowest BCUT2D eigenvalue weighted by Crippen LogP contribution is -2.54. The number of halogens is 3. The van der Waals surface area contributed by atoms with E-state index in [4.69, 9.17) is 0 Å². The Hall–Kier alpha value is -0.820. The summed E-state index contributed by atoms with van der Waals surface area (Å²) >= 11 is 0. The monoisotopic (exact) mass is 306 g/mol. The third-order valence-corrected chi connectivity index (χ3v) is 5.22. The molecule has 0 aromatic heterocycles. The van der Waals surface area contributed by atoms with E-state index >= 15 is 0 Å². The summed E-state index contributed by atoms with van der Waals surface area (Å²) in [6.45, 7) is 0.0915. The maximum Gasteiger partial charge on any atom is 0.538 e. The van der Waals surface area contributed by atoms with Crippen molar-refractivity contribution < 1.29 is 22.8 Å². The molecule has 0 saturated heterocycles. The van der Waals surface area contributed by atoms with Gasteiger partial charge in [-0.05, 0) is 56.3 Å². The molecule has 4 saturated carbocycles. The summed E-state index contributed by atoms with van der Waals surface area (Å²) in [5.74, 6) is 2.05. The van der Waals surface area contributed by atoms with E-state index in [1.165, 1.54) is 19.3 Å². The van der Waals surface area contributed by atoms with Gasteiger partial charge in [0.05, 0.1) is 0 Å². The first-order valence-electron chi connectivity index (χ1n) is 7.62. The average molecular weight is 306 g/mol. The van der Waals surface area contributed by atoms with E-state index in [-0.39, 0.29) is 24.4 Å². The molecule has 4 fully saturated rings. The van der Waals surface area contributed by atoms with Gasteiger partial charge in [0.2, 0.25) is 5.91 Å². The minimum atomic E-state index is -4.69. The third-order valence-electron chi connectivity index (χ3n) is 5.22. The normalized spacial score (nSPS) is 37.8. The Morgan fingerprint density at radius 1 is 1.05 bits per heavy atom. The van der Waals surface area contributed by atoms with Crippen LogP contribution in [0, 0.1) is 23.2 Å². The van der Waals surface area contributed by atoms with Crippen molar-refractivity contribution in [2.75, 3.05) is 13.1 Å². The van der Waals surface area contributed by atoms with Gasteiger partial charge in [0.1, 0.15) is 0 Å². The van der Waals surface area contributed by atoms with Crippen LogP contribution in [0.4, 0.5) is 13.2 Å². The fourth-order valence-corrected chi connectivity index (χ4v) is 4.94. The molecule has 1 amide bonds. The van der Waals surface area contributed by atoms with E-state index < -0.39 is 6.36 Å². The second kappa shape index (κ2) is 5.43. The molecule has 0 aliphatic heterocycles. The predicted octanol–water partition coefficient (Wildman–Crippen LogP) is 2.36. The highest BCUT2D eigenvalue weighted by Gasteiger charge is 2.54. The molecule has 0 atom stereocenters. The summed E-state index contributed by atoms with van der Waals surface area (Å²) in [7, 11) is 0. The minimum Gasteiger partial charge on any atom is -0.354 e. The quantitative estimate of drug-likeness (QED) is 0.605. The van der Waals surface area contributed by atoms with Crippen LogP contribution in [-0.4, -0.2) is 25.4 Å². The van der Waals surface area contributed by atoms with E-state index in [0.29, 0.717) is 17.8 Å². The molecule has 21 heavy (non-hydrogen) atoms. The summed E-state index contributed by atoms with van der Waals surface area (Å²) in [6, 6.07) is 0. The molecule has 0 spiro atoms. The van der Waals surface area contributed by atoms with Crippen LogP contribution in [0.1, 0.15) is 38.5 Å². The Kier molecular flexibility index (Phi) is 3.90. The lowest BCUT2D eigenvalue weighted by Gasteiger charge is -2.55. The van der Waals surface area contributed by atoms with Gasteiger partial charge < -0.3 is 5.32 Å². The van der Waals surface area contributed by atoms with Gasteiger partial charge >= 0.3 is 6.36 Å². The molecule has 4 nitrogen and oxygen atoms in total. The summed E-state index contributed by atoms with van der Waals surface area (Å²) < 4.78 is 35.3. The van der Waals surface area contributed by atoms with Gasteiger partial charge in [0.15, 0.2) is 0 Å². The molecular formula is C14H21F3N2O2. The SMILES string of the molecule is O=C(NCCNOC(F)(F)F)C12CC3CC(CC(C3)C1)C2.